The van der Waals surface area contributed by atoms with Gasteiger partial charge in [0.2, 0.25) is 0 Å². The van der Waals surface area contributed by atoms with Gasteiger partial charge in [-0.15, -0.1) is 0 Å². The normalized spacial score (nSPS) is 14.2. The first kappa shape index (κ1) is 12.7. The van der Waals surface area contributed by atoms with Crippen LogP contribution in [0.25, 0.3) is 0 Å². The van der Waals surface area contributed by atoms with E-state index in [2.05, 4.69) is 10.3 Å². The third-order valence-corrected chi connectivity index (χ3v) is 3.74. The third-order valence-electron chi connectivity index (χ3n) is 3.74. The van der Waals surface area contributed by atoms with Gasteiger partial charge in [0.15, 0.2) is 5.82 Å². The van der Waals surface area contributed by atoms with Crippen molar-refractivity contribution in [3.8, 4) is 0 Å². The molecule has 5 nitrogen and oxygen atoms in total. The van der Waals surface area contributed by atoms with E-state index in [9.17, 15) is 4.79 Å². The Labute approximate surface area is 117 Å². The molecule has 0 atom stereocenters. The molecule has 1 aliphatic rings. The van der Waals surface area contributed by atoms with Crippen LogP contribution in [0.5, 0.6) is 0 Å². The average Bonchev–Trinajstić information content (AvgIpc) is 3.26. The molecule has 0 spiro atoms. The average molecular weight is 270 g/mol. The minimum atomic E-state index is -0.0449. The number of anilines is 2. The minimum Gasteiger partial charge on any atom is -0.399 e. The Bertz CT molecular complexity index is 689. The molecule has 3 rings (SSSR count). The van der Waals surface area contributed by atoms with E-state index in [0.29, 0.717) is 18.4 Å². The summed E-state index contributed by atoms with van der Waals surface area (Å²) < 4.78 is 1.77. The van der Waals surface area contributed by atoms with Gasteiger partial charge in [-0.25, -0.2) is 4.98 Å². The van der Waals surface area contributed by atoms with Crippen LogP contribution in [-0.4, -0.2) is 9.55 Å². The van der Waals surface area contributed by atoms with Gasteiger partial charge in [0, 0.05) is 30.7 Å². The zero-order valence-corrected chi connectivity index (χ0v) is 11.5. The Kier molecular flexibility index (Phi) is 3.18. The molecule has 20 heavy (non-hydrogen) atoms. The summed E-state index contributed by atoms with van der Waals surface area (Å²) >= 11 is 0. The van der Waals surface area contributed by atoms with Crippen LogP contribution in [0.2, 0.25) is 0 Å². The highest BCUT2D eigenvalue weighted by Gasteiger charge is 2.25. The fraction of sp³-hybridized carbons (Fsp3) is 0.333. The van der Waals surface area contributed by atoms with E-state index in [1.54, 1.807) is 17.0 Å². The zero-order chi connectivity index (χ0) is 14.1. The van der Waals surface area contributed by atoms with Gasteiger partial charge in [0.1, 0.15) is 0 Å². The molecule has 0 unspecified atom stereocenters. The molecule has 104 valence electrons. The lowest BCUT2D eigenvalue weighted by Gasteiger charge is -2.11. The molecule has 1 aliphatic carbocycles. The van der Waals surface area contributed by atoms with Crippen molar-refractivity contribution >= 4 is 11.5 Å². The number of hydrogen-bond acceptors (Lipinski definition) is 4. The number of rotatable bonds is 4. The summed E-state index contributed by atoms with van der Waals surface area (Å²) in [6.45, 7) is 2.53. The van der Waals surface area contributed by atoms with Crippen molar-refractivity contribution in [2.24, 2.45) is 0 Å². The number of aromatic nitrogens is 2. The maximum atomic E-state index is 12.2. The van der Waals surface area contributed by atoms with Crippen LogP contribution >= 0.6 is 0 Å². The highest BCUT2D eigenvalue weighted by molar-refractivity contribution is 5.50. The molecule has 5 heteroatoms. The maximum Gasteiger partial charge on any atom is 0.293 e. The van der Waals surface area contributed by atoms with E-state index >= 15 is 0 Å². The summed E-state index contributed by atoms with van der Waals surface area (Å²) in [6, 6.07) is 6.15. The van der Waals surface area contributed by atoms with Crippen LogP contribution in [0.15, 0.2) is 35.4 Å². The number of nitrogens with two attached hydrogens (primary N) is 1. The summed E-state index contributed by atoms with van der Waals surface area (Å²) in [6.07, 6.45) is 5.60. The second-order valence-electron chi connectivity index (χ2n) is 5.20. The van der Waals surface area contributed by atoms with E-state index in [4.69, 9.17) is 5.73 Å². The first-order chi connectivity index (χ1) is 9.66. The van der Waals surface area contributed by atoms with Gasteiger partial charge < -0.3 is 15.6 Å². The first-order valence-corrected chi connectivity index (χ1v) is 6.82. The molecule has 0 radical (unpaired) electrons. The summed E-state index contributed by atoms with van der Waals surface area (Å²) in [5.74, 6) is 0.404. The van der Waals surface area contributed by atoms with Gasteiger partial charge in [0.25, 0.3) is 5.56 Å². The van der Waals surface area contributed by atoms with E-state index in [-0.39, 0.29) is 5.56 Å². The van der Waals surface area contributed by atoms with Crippen LogP contribution in [0.4, 0.5) is 11.5 Å². The van der Waals surface area contributed by atoms with Crippen LogP contribution in [0, 0.1) is 6.92 Å². The lowest BCUT2D eigenvalue weighted by atomic mass is 10.1. The van der Waals surface area contributed by atoms with Gasteiger partial charge in [-0.1, -0.05) is 12.1 Å². The Morgan fingerprint density at radius 2 is 2.25 bits per heavy atom. The maximum absolute atomic E-state index is 12.2. The minimum absolute atomic E-state index is 0.0449. The molecule has 0 aliphatic heterocycles. The van der Waals surface area contributed by atoms with Crippen molar-refractivity contribution in [3.05, 3.63) is 52.1 Å². The molecule has 0 bridgehead atoms. The predicted molar refractivity (Wildman–Crippen MR) is 79.7 cm³/mol. The largest absolute Gasteiger partial charge is 0.399 e. The van der Waals surface area contributed by atoms with Crippen molar-refractivity contribution in [2.45, 2.75) is 32.4 Å². The number of hydrogen-bond donors (Lipinski definition) is 2. The number of nitrogen functional groups attached to an aromatic ring is 1. The van der Waals surface area contributed by atoms with Crippen molar-refractivity contribution in [1.82, 2.24) is 9.55 Å². The summed E-state index contributed by atoms with van der Waals surface area (Å²) in [4.78, 5) is 16.4. The number of benzene rings is 1. The standard InChI is InChI=1S/C15H18N4O/c1-10-11(3-2-4-13(10)16)9-18-14-15(20)19(8-7-17-14)12-5-6-12/h2-4,7-8,12H,5-6,9,16H2,1H3,(H,17,18). The topological polar surface area (TPSA) is 72.9 Å². The van der Waals surface area contributed by atoms with Gasteiger partial charge in [0.05, 0.1) is 0 Å². The molecular weight excluding hydrogens is 252 g/mol. The van der Waals surface area contributed by atoms with Gasteiger partial charge in [-0.2, -0.15) is 0 Å². The molecule has 1 aromatic heterocycles. The molecule has 1 fully saturated rings. The van der Waals surface area contributed by atoms with E-state index < -0.39 is 0 Å². The number of nitrogens with one attached hydrogen (secondary N) is 1. The highest BCUT2D eigenvalue weighted by atomic mass is 16.1. The Morgan fingerprint density at radius 1 is 1.45 bits per heavy atom. The van der Waals surface area contributed by atoms with E-state index in [0.717, 1.165) is 29.7 Å². The molecule has 1 saturated carbocycles. The zero-order valence-electron chi connectivity index (χ0n) is 11.5. The highest BCUT2D eigenvalue weighted by Crippen LogP contribution is 2.33. The van der Waals surface area contributed by atoms with Crippen LogP contribution in [0.1, 0.15) is 30.0 Å². The molecule has 2 aromatic rings. The fourth-order valence-electron chi connectivity index (χ4n) is 2.26. The summed E-state index contributed by atoms with van der Waals surface area (Å²) in [5.41, 5.74) is 8.72. The summed E-state index contributed by atoms with van der Waals surface area (Å²) in [5, 5.41) is 3.12. The second kappa shape index (κ2) is 5.00. The molecule has 0 saturated heterocycles. The fourth-order valence-corrected chi connectivity index (χ4v) is 2.26. The predicted octanol–water partition coefficient (Wildman–Crippen LogP) is 2.08. The number of nitrogens with zero attached hydrogens (tertiary/aromatic N) is 2. The van der Waals surface area contributed by atoms with Crippen molar-refractivity contribution in [2.75, 3.05) is 11.1 Å². The van der Waals surface area contributed by atoms with Gasteiger partial charge in [-0.05, 0) is 37.0 Å². The molecule has 1 aromatic carbocycles. The van der Waals surface area contributed by atoms with Crippen molar-refractivity contribution in [3.63, 3.8) is 0 Å². The van der Waals surface area contributed by atoms with Gasteiger partial charge in [-0.3, -0.25) is 4.79 Å². The summed E-state index contributed by atoms with van der Waals surface area (Å²) in [7, 11) is 0. The van der Waals surface area contributed by atoms with E-state index in [1.165, 1.54) is 0 Å². The first-order valence-electron chi connectivity index (χ1n) is 6.82. The lowest BCUT2D eigenvalue weighted by molar-refractivity contribution is 0.699. The third kappa shape index (κ3) is 2.39. The second-order valence-corrected chi connectivity index (χ2v) is 5.20. The quantitative estimate of drug-likeness (QED) is 0.834. The monoisotopic (exact) mass is 270 g/mol. The molecule has 0 amide bonds. The Hall–Kier alpha value is -2.30. The van der Waals surface area contributed by atoms with Crippen LogP contribution < -0.4 is 16.6 Å². The van der Waals surface area contributed by atoms with Crippen molar-refractivity contribution < 1.29 is 0 Å². The van der Waals surface area contributed by atoms with Crippen molar-refractivity contribution in [1.29, 1.82) is 0 Å². The smallest absolute Gasteiger partial charge is 0.293 e. The molecule has 3 N–H and O–H groups in total. The SMILES string of the molecule is Cc1c(N)cccc1CNc1nccn(C2CC2)c1=O. The molecule has 1 heterocycles. The van der Waals surface area contributed by atoms with E-state index in [1.807, 2.05) is 25.1 Å². The Morgan fingerprint density at radius 3 is 3.00 bits per heavy atom. The van der Waals surface area contributed by atoms with Gasteiger partial charge >= 0.3 is 0 Å². The Balaban J connectivity index is 1.80. The van der Waals surface area contributed by atoms with Crippen LogP contribution in [-0.2, 0) is 6.54 Å². The molecular formula is C15H18N4O. The lowest BCUT2D eigenvalue weighted by Crippen LogP contribution is -2.23. The van der Waals surface area contributed by atoms with Crippen LogP contribution in [0.3, 0.4) is 0 Å².